The highest BCUT2D eigenvalue weighted by Gasteiger charge is 2.30. The Morgan fingerprint density at radius 1 is 1.05 bits per heavy atom. The Balaban J connectivity index is 1.35. The average Bonchev–Trinajstić information content (AvgIpc) is 3.41. The Morgan fingerprint density at radius 2 is 1.85 bits per heavy atom. The lowest BCUT2D eigenvalue weighted by Gasteiger charge is -2.39. The third-order valence-corrected chi connectivity index (χ3v) is 7.13. The number of imidazole rings is 1. The number of H-pyrrole nitrogens is 1. The Hall–Kier alpha value is -4.68. The molecule has 1 aliphatic heterocycles. The number of aryl methyl sites for hydroxylation is 2. The number of hydrogen-bond donors (Lipinski definition) is 1. The van der Waals surface area contributed by atoms with Crippen LogP contribution in [0.4, 0.5) is 0 Å². The van der Waals surface area contributed by atoms with Crippen molar-refractivity contribution >= 4 is 5.91 Å². The molecule has 204 valence electrons. The van der Waals surface area contributed by atoms with Gasteiger partial charge < -0.3 is 19.4 Å². The molecule has 9 nitrogen and oxygen atoms in total. The van der Waals surface area contributed by atoms with Crippen molar-refractivity contribution in [2.24, 2.45) is 0 Å². The fraction of sp³-hybridized carbons (Fsp3) is 0.290. The standard InChI is InChI=1S/C31H32N6O3/c1-21-7-6-10-30(34-21)40-29-18-23(11-12-24(29)19-32)17-27(26-20-33-22(2)35-26)36-13-15-37(16-14-36)31(38)25-8-4-5-9-28(25)39-3/h4-12,18,20,27H,13-17H2,1-3H3,(H,33,35). The second kappa shape index (κ2) is 12.0. The minimum atomic E-state index is -0.0234. The van der Waals surface area contributed by atoms with Crippen LogP contribution in [0.25, 0.3) is 0 Å². The molecule has 0 saturated carbocycles. The van der Waals surface area contributed by atoms with Gasteiger partial charge in [0.2, 0.25) is 5.88 Å². The fourth-order valence-electron chi connectivity index (χ4n) is 5.05. The third-order valence-electron chi connectivity index (χ3n) is 7.13. The molecule has 1 N–H and O–H groups in total. The number of methoxy groups -OCH3 is 1. The molecule has 1 aliphatic rings. The van der Waals surface area contributed by atoms with E-state index in [0.717, 1.165) is 22.8 Å². The van der Waals surface area contributed by atoms with Gasteiger partial charge >= 0.3 is 0 Å². The normalized spacial score (nSPS) is 14.4. The summed E-state index contributed by atoms with van der Waals surface area (Å²) < 4.78 is 11.4. The minimum absolute atomic E-state index is 0.00240. The van der Waals surface area contributed by atoms with Crippen LogP contribution in [-0.2, 0) is 6.42 Å². The van der Waals surface area contributed by atoms with Gasteiger partial charge in [-0.1, -0.05) is 24.3 Å². The topological polar surface area (TPSA) is 107 Å². The maximum Gasteiger partial charge on any atom is 0.257 e. The van der Waals surface area contributed by atoms with E-state index in [1.54, 1.807) is 25.3 Å². The molecule has 40 heavy (non-hydrogen) atoms. The van der Waals surface area contributed by atoms with Crippen molar-refractivity contribution in [2.45, 2.75) is 26.3 Å². The number of aromatic amines is 1. The van der Waals surface area contributed by atoms with Gasteiger partial charge in [-0.05, 0) is 56.2 Å². The lowest BCUT2D eigenvalue weighted by molar-refractivity contribution is 0.0560. The molecule has 0 radical (unpaired) electrons. The highest BCUT2D eigenvalue weighted by molar-refractivity contribution is 5.97. The molecular formula is C31H32N6O3. The van der Waals surface area contributed by atoms with E-state index in [1.807, 2.05) is 67.4 Å². The smallest absolute Gasteiger partial charge is 0.257 e. The summed E-state index contributed by atoms with van der Waals surface area (Å²) >= 11 is 0. The second-order valence-electron chi connectivity index (χ2n) is 9.83. The van der Waals surface area contributed by atoms with Crippen molar-refractivity contribution < 1.29 is 14.3 Å². The van der Waals surface area contributed by atoms with Gasteiger partial charge in [0.15, 0.2) is 0 Å². The Labute approximate surface area is 234 Å². The first-order valence-electron chi connectivity index (χ1n) is 13.3. The van der Waals surface area contributed by atoms with Gasteiger partial charge in [0.25, 0.3) is 5.91 Å². The Bertz CT molecular complexity index is 1530. The number of carbonyl (C=O) groups excluding carboxylic acids is 1. The number of nitrogens with zero attached hydrogens (tertiary/aromatic N) is 5. The van der Waals surface area contributed by atoms with E-state index in [9.17, 15) is 10.1 Å². The van der Waals surface area contributed by atoms with E-state index in [2.05, 4.69) is 25.9 Å². The number of nitriles is 1. The van der Waals surface area contributed by atoms with Crippen molar-refractivity contribution in [2.75, 3.05) is 33.3 Å². The number of benzene rings is 2. The van der Waals surface area contributed by atoms with E-state index >= 15 is 0 Å². The number of carbonyl (C=O) groups is 1. The summed E-state index contributed by atoms with van der Waals surface area (Å²) in [6.45, 7) is 6.44. The summed E-state index contributed by atoms with van der Waals surface area (Å²) in [6.07, 6.45) is 2.55. The van der Waals surface area contributed by atoms with Crippen LogP contribution in [-0.4, -0.2) is 63.9 Å². The molecule has 9 heteroatoms. The highest BCUT2D eigenvalue weighted by Crippen LogP contribution is 2.31. The summed E-state index contributed by atoms with van der Waals surface area (Å²) in [6, 6.07) is 20.8. The van der Waals surface area contributed by atoms with Crippen LogP contribution >= 0.6 is 0 Å². The first kappa shape index (κ1) is 26.9. The molecule has 0 aliphatic carbocycles. The van der Waals surface area contributed by atoms with E-state index in [0.29, 0.717) is 61.1 Å². The summed E-state index contributed by atoms with van der Waals surface area (Å²) in [4.78, 5) is 29.8. The molecule has 1 atom stereocenters. The number of pyridine rings is 1. The number of amides is 1. The highest BCUT2D eigenvalue weighted by atomic mass is 16.5. The lowest BCUT2D eigenvalue weighted by Crippen LogP contribution is -2.50. The van der Waals surface area contributed by atoms with Gasteiger partial charge in [0.1, 0.15) is 23.4 Å². The number of rotatable bonds is 8. The molecule has 3 heterocycles. The van der Waals surface area contributed by atoms with Crippen LogP contribution in [0.3, 0.4) is 0 Å². The summed E-state index contributed by atoms with van der Waals surface area (Å²) in [5.41, 5.74) is 3.89. The van der Waals surface area contributed by atoms with Gasteiger partial charge in [0, 0.05) is 44.1 Å². The molecule has 4 aromatic rings. The van der Waals surface area contributed by atoms with Gasteiger partial charge in [-0.15, -0.1) is 0 Å². The minimum Gasteiger partial charge on any atom is -0.496 e. The molecule has 2 aromatic carbocycles. The molecule has 1 saturated heterocycles. The van der Waals surface area contributed by atoms with Gasteiger partial charge in [-0.25, -0.2) is 9.97 Å². The first-order valence-corrected chi connectivity index (χ1v) is 13.3. The molecule has 1 fully saturated rings. The van der Waals surface area contributed by atoms with Crippen molar-refractivity contribution in [1.82, 2.24) is 24.8 Å². The van der Waals surface area contributed by atoms with Gasteiger partial charge in [-0.2, -0.15) is 5.26 Å². The van der Waals surface area contributed by atoms with Crippen molar-refractivity contribution in [3.63, 3.8) is 0 Å². The lowest BCUT2D eigenvalue weighted by atomic mass is 9.99. The maximum atomic E-state index is 13.3. The SMILES string of the molecule is COc1ccccc1C(=O)N1CCN(C(Cc2ccc(C#N)c(Oc3cccc(C)n3)c2)c2cnc(C)[nH]2)CC1. The first-order chi connectivity index (χ1) is 19.4. The summed E-state index contributed by atoms with van der Waals surface area (Å²) in [5, 5.41) is 9.68. The molecule has 0 bridgehead atoms. The third kappa shape index (κ3) is 5.98. The maximum absolute atomic E-state index is 13.3. The molecule has 0 spiro atoms. The predicted octanol–water partition coefficient (Wildman–Crippen LogP) is 4.84. The number of piperazine rings is 1. The molecule has 1 amide bonds. The van der Waals surface area contributed by atoms with Crippen molar-refractivity contribution in [1.29, 1.82) is 5.26 Å². The van der Waals surface area contributed by atoms with Crippen LogP contribution in [0.2, 0.25) is 0 Å². The number of nitrogens with one attached hydrogen (secondary N) is 1. The second-order valence-corrected chi connectivity index (χ2v) is 9.83. The zero-order chi connectivity index (χ0) is 28.1. The van der Waals surface area contributed by atoms with Crippen LogP contribution in [0.15, 0.2) is 66.9 Å². The zero-order valence-electron chi connectivity index (χ0n) is 22.9. The molecule has 5 rings (SSSR count). The molecule has 2 aromatic heterocycles. The Kier molecular flexibility index (Phi) is 8.08. The number of ether oxygens (including phenoxy) is 2. The Morgan fingerprint density at radius 3 is 2.55 bits per heavy atom. The predicted molar refractivity (Wildman–Crippen MR) is 150 cm³/mol. The quantitative estimate of drug-likeness (QED) is 0.343. The number of hydrogen-bond acceptors (Lipinski definition) is 7. The average molecular weight is 537 g/mol. The van der Waals surface area contributed by atoms with Crippen LogP contribution in [0, 0.1) is 25.2 Å². The number of para-hydroxylation sites is 1. The van der Waals surface area contributed by atoms with Crippen LogP contribution < -0.4 is 9.47 Å². The van der Waals surface area contributed by atoms with Gasteiger partial charge in [0.05, 0.1) is 30.0 Å². The molecular weight excluding hydrogens is 504 g/mol. The largest absolute Gasteiger partial charge is 0.496 e. The van der Waals surface area contributed by atoms with E-state index < -0.39 is 0 Å². The van der Waals surface area contributed by atoms with Crippen molar-refractivity contribution in [3.05, 3.63) is 101 Å². The monoisotopic (exact) mass is 536 g/mol. The van der Waals surface area contributed by atoms with E-state index in [4.69, 9.17) is 9.47 Å². The van der Waals surface area contributed by atoms with Crippen LogP contribution in [0.5, 0.6) is 17.4 Å². The molecule has 1 unspecified atom stereocenters. The van der Waals surface area contributed by atoms with E-state index in [1.165, 1.54) is 0 Å². The van der Waals surface area contributed by atoms with Gasteiger partial charge in [-0.3, -0.25) is 9.69 Å². The zero-order valence-corrected chi connectivity index (χ0v) is 22.9. The van der Waals surface area contributed by atoms with Crippen molar-refractivity contribution in [3.8, 4) is 23.4 Å². The number of aromatic nitrogens is 3. The van der Waals surface area contributed by atoms with Crippen LogP contribution in [0.1, 0.15) is 44.7 Å². The summed E-state index contributed by atoms with van der Waals surface area (Å²) in [5.74, 6) is 2.33. The summed E-state index contributed by atoms with van der Waals surface area (Å²) in [7, 11) is 1.58. The van der Waals surface area contributed by atoms with E-state index in [-0.39, 0.29) is 11.9 Å². The fourth-order valence-corrected chi connectivity index (χ4v) is 5.05.